The van der Waals surface area contributed by atoms with Crippen LogP contribution in [0.25, 0.3) is 0 Å². The molecular weight excluding hydrogens is 298 g/mol. The summed E-state index contributed by atoms with van der Waals surface area (Å²) in [6.07, 6.45) is -0.0114. The summed E-state index contributed by atoms with van der Waals surface area (Å²) in [5, 5.41) is 12.2. The number of furan rings is 1. The van der Waals surface area contributed by atoms with Gasteiger partial charge in [-0.05, 0) is 30.7 Å². The smallest absolute Gasteiger partial charge is 0.330 e. The first-order valence-electron chi connectivity index (χ1n) is 6.67. The van der Waals surface area contributed by atoms with Crippen molar-refractivity contribution in [2.75, 3.05) is 6.61 Å². The van der Waals surface area contributed by atoms with Gasteiger partial charge in [0, 0.05) is 18.4 Å². The fourth-order valence-electron chi connectivity index (χ4n) is 2.73. The van der Waals surface area contributed by atoms with Crippen LogP contribution in [0.15, 0.2) is 16.5 Å². The zero-order valence-electron chi connectivity index (χ0n) is 12.1. The summed E-state index contributed by atoms with van der Waals surface area (Å²) >= 11 is 5.62. The predicted molar refractivity (Wildman–Crippen MR) is 75.4 cm³/mol. The lowest BCUT2D eigenvalue weighted by atomic mass is 9.54. The van der Waals surface area contributed by atoms with Crippen LogP contribution in [-0.4, -0.2) is 35.2 Å². The number of carboxylic acids is 1. The Balaban J connectivity index is 2.22. The summed E-state index contributed by atoms with van der Waals surface area (Å²) in [4.78, 5) is 23.9. The molecule has 1 saturated carbocycles. The van der Waals surface area contributed by atoms with Crippen molar-refractivity contribution in [2.24, 2.45) is 5.41 Å². The number of carbonyl (C=O) groups is 2. The first-order valence-corrected chi connectivity index (χ1v) is 7.05. The van der Waals surface area contributed by atoms with E-state index in [1.165, 1.54) is 12.1 Å². The van der Waals surface area contributed by atoms with E-state index in [0.717, 1.165) is 0 Å². The van der Waals surface area contributed by atoms with Gasteiger partial charge in [-0.15, -0.1) is 0 Å². The molecule has 0 spiro atoms. The molecule has 1 aliphatic carbocycles. The van der Waals surface area contributed by atoms with Crippen molar-refractivity contribution < 1.29 is 23.8 Å². The van der Waals surface area contributed by atoms with Gasteiger partial charge in [0.25, 0.3) is 5.91 Å². The number of aliphatic carboxylic acids is 1. The summed E-state index contributed by atoms with van der Waals surface area (Å²) < 4.78 is 10.5. The maximum Gasteiger partial charge on any atom is 0.330 e. The van der Waals surface area contributed by atoms with Gasteiger partial charge in [-0.1, -0.05) is 13.8 Å². The monoisotopic (exact) mass is 315 g/mol. The molecule has 7 heteroatoms. The summed E-state index contributed by atoms with van der Waals surface area (Å²) in [6, 6.07) is 2.83. The quantitative estimate of drug-likeness (QED) is 0.870. The average molecular weight is 316 g/mol. The highest BCUT2D eigenvalue weighted by molar-refractivity contribution is 6.29. The van der Waals surface area contributed by atoms with E-state index in [9.17, 15) is 14.7 Å². The van der Waals surface area contributed by atoms with Crippen molar-refractivity contribution in [3.63, 3.8) is 0 Å². The molecule has 0 aromatic carbocycles. The summed E-state index contributed by atoms with van der Waals surface area (Å²) in [5.74, 6) is -1.71. The molecule has 116 valence electrons. The summed E-state index contributed by atoms with van der Waals surface area (Å²) in [6.45, 7) is 5.87. The molecule has 1 fully saturated rings. The number of halogens is 1. The Bertz CT molecular complexity index is 567. The molecule has 1 heterocycles. The molecule has 1 aromatic heterocycles. The van der Waals surface area contributed by atoms with Gasteiger partial charge in [-0.25, -0.2) is 4.79 Å². The highest BCUT2D eigenvalue weighted by atomic mass is 35.5. The Hall–Kier alpha value is -1.53. The number of hydrogen-bond acceptors (Lipinski definition) is 4. The molecule has 0 unspecified atom stereocenters. The van der Waals surface area contributed by atoms with Crippen LogP contribution >= 0.6 is 11.6 Å². The molecule has 6 nitrogen and oxygen atoms in total. The fourth-order valence-corrected chi connectivity index (χ4v) is 2.87. The van der Waals surface area contributed by atoms with Crippen molar-refractivity contribution in [1.82, 2.24) is 5.32 Å². The fraction of sp³-hybridized carbons (Fsp3) is 0.571. The largest absolute Gasteiger partial charge is 0.479 e. The second-order valence-corrected chi connectivity index (χ2v) is 6.01. The van der Waals surface area contributed by atoms with Gasteiger partial charge in [0.1, 0.15) is 5.54 Å². The van der Waals surface area contributed by atoms with E-state index in [1.807, 2.05) is 6.92 Å². The van der Waals surface area contributed by atoms with Crippen LogP contribution in [0.3, 0.4) is 0 Å². The Morgan fingerprint density at radius 1 is 1.52 bits per heavy atom. The van der Waals surface area contributed by atoms with Crippen LogP contribution in [0.2, 0.25) is 5.22 Å². The molecule has 1 amide bonds. The first kappa shape index (κ1) is 15.9. The van der Waals surface area contributed by atoms with E-state index in [-0.39, 0.29) is 23.5 Å². The zero-order chi connectivity index (χ0) is 15.8. The lowest BCUT2D eigenvalue weighted by Crippen LogP contribution is -2.76. The summed E-state index contributed by atoms with van der Waals surface area (Å²) in [7, 11) is 0. The normalized spacial score (nSPS) is 27.0. The van der Waals surface area contributed by atoms with Gasteiger partial charge >= 0.3 is 5.97 Å². The van der Waals surface area contributed by atoms with Crippen molar-refractivity contribution in [3.8, 4) is 0 Å². The second-order valence-electron chi connectivity index (χ2n) is 5.64. The maximum absolute atomic E-state index is 12.2. The van der Waals surface area contributed by atoms with E-state index in [4.69, 9.17) is 20.8 Å². The second kappa shape index (κ2) is 5.35. The minimum absolute atomic E-state index is 0.0173. The van der Waals surface area contributed by atoms with Crippen molar-refractivity contribution in [1.29, 1.82) is 0 Å². The summed E-state index contributed by atoms with van der Waals surface area (Å²) in [5.41, 5.74) is -2.12. The van der Waals surface area contributed by atoms with Crippen LogP contribution in [0, 0.1) is 5.41 Å². The molecule has 2 atom stereocenters. The van der Waals surface area contributed by atoms with E-state index in [0.29, 0.717) is 6.61 Å². The van der Waals surface area contributed by atoms with E-state index in [2.05, 4.69) is 5.32 Å². The number of rotatable bonds is 5. The van der Waals surface area contributed by atoms with Crippen molar-refractivity contribution in [2.45, 2.75) is 38.8 Å². The first-order chi connectivity index (χ1) is 9.74. The molecule has 2 rings (SSSR count). The number of amides is 1. The molecule has 0 saturated heterocycles. The minimum atomic E-state index is -1.39. The third kappa shape index (κ3) is 2.42. The topological polar surface area (TPSA) is 88.8 Å². The van der Waals surface area contributed by atoms with Gasteiger partial charge in [-0.3, -0.25) is 4.79 Å². The van der Waals surface area contributed by atoms with E-state index < -0.39 is 22.8 Å². The Morgan fingerprint density at radius 2 is 2.19 bits per heavy atom. The van der Waals surface area contributed by atoms with E-state index >= 15 is 0 Å². The molecule has 1 aromatic rings. The molecule has 0 radical (unpaired) electrons. The lowest BCUT2D eigenvalue weighted by molar-refractivity contribution is -0.190. The third-order valence-electron chi connectivity index (χ3n) is 4.25. The molecular formula is C14H18ClNO5. The van der Waals surface area contributed by atoms with Crippen LogP contribution < -0.4 is 5.32 Å². The standard InChI is InChI=1S/C14H18ClNO5/c1-4-20-9-7-14(12(18)19,13(9,2)3)16-11(17)8-5-6-10(15)21-8/h5-6,9H,4,7H2,1-3H3,(H,16,17)(H,18,19)/t9-,14+/m0/s1. The number of ether oxygens (including phenoxy) is 1. The van der Waals surface area contributed by atoms with Crippen LogP contribution in [0.4, 0.5) is 0 Å². The van der Waals surface area contributed by atoms with Crippen LogP contribution in [0.1, 0.15) is 37.7 Å². The van der Waals surface area contributed by atoms with Crippen LogP contribution in [-0.2, 0) is 9.53 Å². The molecule has 2 N–H and O–H groups in total. The molecule has 21 heavy (non-hydrogen) atoms. The van der Waals surface area contributed by atoms with Crippen LogP contribution in [0.5, 0.6) is 0 Å². The Kier molecular flexibility index (Phi) is 4.04. The van der Waals surface area contributed by atoms with Gasteiger partial charge < -0.3 is 19.6 Å². The van der Waals surface area contributed by atoms with Crippen molar-refractivity contribution in [3.05, 3.63) is 23.1 Å². The number of carbonyl (C=O) groups excluding carboxylic acids is 1. The van der Waals surface area contributed by atoms with Gasteiger partial charge in [0.2, 0.25) is 0 Å². The predicted octanol–water partition coefficient (Wildman–Crippen LogP) is 2.32. The highest BCUT2D eigenvalue weighted by Gasteiger charge is 2.66. The molecule has 1 aliphatic rings. The third-order valence-corrected chi connectivity index (χ3v) is 4.46. The zero-order valence-corrected chi connectivity index (χ0v) is 12.9. The number of carboxylic acid groups (broad SMARTS) is 1. The molecule has 0 aliphatic heterocycles. The highest BCUT2D eigenvalue weighted by Crippen LogP contribution is 2.51. The van der Waals surface area contributed by atoms with Gasteiger partial charge in [0.15, 0.2) is 11.0 Å². The Morgan fingerprint density at radius 3 is 2.62 bits per heavy atom. The SMILES string of the molecule is CCO[C@H]1C[C@@](NC(=O)c2ccc(Cl)o2)(C(=O)O)C1(C)C. The van der Waals surface area contributed by atoms with Gasteiger partial charge in [0.05, 0.1) is 6.10 Å². The molecule has 0 bridgehead atoms. The minimum Gasteiger partial charge on any atom is -0.479 e. The van der Waals surface area contributed by atoms with E-state index in [1.54, 1.807) is 13.8 Å². The Labute approximate surface area is 127 Å². The number of nitrogens with one attached hydrogen (secondary N) is 1. The average Bonchev–Trinajstić information content (AvgIpc) is 2.83. The lowest BCUT2D eigenvalue weighted by Gasteiger charge is -2.58. The maximum atomic E-state index is 12.2. The van der Waals surface area contributed by atoms with Gasteiger partial charge in [-0.2, -0.15) is 0 Å². The number of hydrogen-bond donors (Lipinski definition) is 2. The van der Waals surface area contributed by atoms with Crippen molar-refractivity contribution >= 4 is 23.5 Å².